The van der Waals surface area contributed by atoms with Gasteiger partial charge in [0, 0.05) is 39.1 Å². The molecule has 1 aliphatic heterocycles. The molecule has 0 atom stereocenters. The lowest BCUT2D eigenvalue weighted by molar-refractivity contribution is -0.757. The maximum Gasteiger partial charge on any atom is 0.294 e. The van der Waals surface area contributed by atoms with Gasteiger partial charge in [-0.1, -0.05) is 13.8 Å². The Morgan fingerprint density at radius 3 is 2.44 bits per heavy atom. The number of carbonyl (C=O) groups excluding carboxylic acids is 1. The van der Waals surface area contributed by atoms with Crippen LogP contribution in [0.1, 0.15) is 20.3 Å². The van der Waals surface area contributed by atoms with Gasteiger partial charge in [0.2, 0.25) is 5.91 Å². The first-order valence-electron chi connectivity index (χ1n) is 6.26. The Kier molecular flexibility index (Phi) is 5.84. The Balaban J connectivity index is 2.20. The first-order chi connectivity index (χ1) is 8.49. The van der Waals surface area contributed by atoms with Gasteiger partial charge < -0.3 is 9.74 Å². The molecule has 1 heterocycles. The number of hydrogen-bond donors (Lipinski definition) is 0. The van der Waals surface area contributed by atoms with Crippen LogP contribution in [-0.2, 0) is 9.63 Å². The minimum atomic E-state index is -0.775. The van der Waals surface area contributed by atoms with Gasteiger partial charge in [0.1, 0.15) is 6.61 Å². The van der Waals surface area contributed by atoms with Crippen LogP contribution in [0, 0.1) is 16.0 Å². The van der Waals surface area contributed by atoms with Crippen molar-refractivity contribution in [2.75, 3.05) is 39.3 Å². The summed E-state index contributed by atoms with van der Waals surface area (Å²) < 4.78 is 0. The van der Waals surface area contributed by atoms with E-state index in [1.807, 2.05) is 18.7 Å². The molecule has 0 unspecified atom stereocenters. The van der Waals surface area contributed by atoms with Crippen LogP contribution in [0.25, 0.3) is 0 Å². The molecule has 0 aromatic carbocycles. The van der Waals surface area contributed by atoms with Crippen molar-refractivity contribution in [3.63, 3.8) is 0 Å². The summed E-state index contributed by atoms with van der Waals surface area (Å²) in [6, 6.07) is 0. The van der Waals surface area contributed by atoms with E-state index in [4.69, 9.17) is 0 Å². The third kappa shape index (κ3) is 5.31. The smallest absolute Gasteiger partial charge is 0.294 e. The molecule has 7 heteroatoms. The number of piperazine rings is 1. The number of carbonyl (C=O) groups is 1. The van der Waals surface area contributed by atoms with Gasteiger partial charge in [-0.3, -0.25) is 9.69 Å². The lowest BCUT2D eigenvalue weighted by atomic mass is 10.1. The Morgan fingerprint density at radius 1 is 1.33 bits per heavy atom. The van der Waals surface area contributed by atoms with Crippen LogP contribution >= 0.6 is 0 Å². The van der Waals surface area contributed by atoms with Gasteiger partial charge in [-0.2, -0.15) is 0 Å². The van der Waals surface area contributed by atoms with Crippen LogP contribution in [0.5, 0.6) is 0 Å². The van der Waals surface area contributed by atoms with Crippen LogP contribution < -0.4 is 0 Å². The van der Waals surface area contributed by atoms with Gasteiger partial charge in [-0.15, -0.1) is 10.1 Å². The van der Waals surface area contributed by atoms with Gasteiger partial charge in [0.15, 0.2) is 0 Å². The second kappa shape index (κ2) is 7.15. The zero-order chi connectivity index (χ0) is 13.5. The molecule has 0 saturated carbocycles. The molecule has 7 nitrogen and oxygen atoms in total. The van der Waals surface area contributed by atoms with Crippen LogP contribution in [0.3, 0.4) is 0 Å². The van der Waals surface area contributed by atoms with Crippen LogP contribution in [0.2, 0.25) is 0 Å². The van der Waals surface area contributed by atoms with Crippen molar-refractivity contribution >= 4 is 5.91 Å². The minimum absolute atomic E-state index is 0.0902. The van der Waals surface area contributed by atoms with Crippen LogP contribution in [-0.4, -0.2) is 60.1 Å². The molecule has 18 heavy (non-hydrogen) atoms. The first-order valence-corrected chi connectivity index (χ1v) is 6.26. The van der Waals surface area contributed by atoms with Gasteiger partial charge in [0.25, 0.3) is 5.09 Å². The summed E-state index contributed by atoms with van der Waals surface area (Å²) in [5.41, 5.74) is 0. The number of rotatable bonds is 6. The van der Waals surface area contributed by atoms with Crippen molar-refractivity contribution in [2.45, 2.75) is 20.3 Å². The highest BCUT2D eigenvalue weighted by molar-refractivity contribution is 5.76. The largest absolute Gasteiger partial charge is 0.340 e. The fourth-order valence-corrected chi connectivity index (χ4v) is 1.94. The number of amides is 1. The van der Waals surface area contributed by atoms with Crippen molar-refractivity contribution in [3.05, 3.63) is 10.1 Å². The molecule has 0 spiro atoms. The van der Waals surface area contributed by atoms with E-state index in [2.05, 4.69) is 9.74 Å². The van der Waals surface area contributed by atoms with E-state index in [0.29, 0.717) is 32.0 Å². The SMILES string of the molecule is CC(C)CC(=O)N1CCN(CCO[N+](=O)[O-])CC1. The van der Waals surface area contributed by atoms with Gasteiger partial charge in [0.05, 0.1) is 0 Å². The second-order valence-electron chi connectivity index (χ2n) is 4.88. The predicted octanol–water partition coefficient (Wildman–Crippen LogP) is 0.385. The van der Waals surface area contributed by atoms with Crippen LogP contribution in [0.15, 0.2) is 0 Å². The van der Waals surface area contributed by atoms with E-state index in [9.17, 15) is 14.9 Å². The molecule has 0 N–H and O–H groups in total. The molecule has 1 rings (SSSR count). The lowest BCUT2D eigenvalue weighted by Gasteiger charge is -2.34. The second-order valence-corrected chi connectivity index (χ2v) is 4.88. The molecule has 1 amide bonds. The Bertz CT molecular complexity index is 288. The first kappa shape index (κ1) is 14.7. The Morgan fingerprint density at radius 2 is 1.94 bits per heavy atom. The molecule has 0 aromatic rings. The number of nitrogens with zero attached hydrogens (tertiary/aromatic N) is 3. The highest BCUT2D eigenvalue weighted by Gasteiger charge is 2.21. The van der Waals surface area contributed by atoms with E-state index >= 15 is 0 Å². The van der Waals surface area contributed by atoms with Gasteiger partial charge >= 0.3 is 0 Å². The fraction of sp³-hybridized carbons (Fsp3) is 0.909. The third-order valence-corrected chi connectivity index (χ3v) is 2.91. The average molecular weight is 259 g/mol. The van der Waals surface area contributed by atoms with E-state index in [-0.39, 0.29) is 12.5 Å². The summed E-state index contributed by atoms with van der Waals surface area (Å²) in [6.07, 6.45) is 0.588. The van der Waals surface area contributed by atoms with E-state index in [0.717, 1.165) is 13.1 Å². The van der Waals surface area contributed by atoms with E-state index < -0.39 is 5.09 Å². The molecule has 1 aliphatic rings. The molecular weight excluding hydrogens is 238 g/mol. The highest BCUT2D eigenvalue weighted by atomic mass is 16.9. The predicted molar refractivity (Wildman–Crippen MR) is 65.4 cm³/mol. The molecule has 0 aliphatic carbocycles. The number of hydrogen-bond acceptors (Lipinski definition) is 5. The summed E-state index contributed by atoms with van der Waals surface area (Å²) in [7, 11) is 0. The minimum Gasteiger partial charge on any atom is -0.340 e. The summed E-state index contributed by atoms with van der Waals surface area (Å²) in [5, 5.41) is 9.22. The quantitative estimate of drug-likeness (QED) is 0.509. The van der Waals surface area contributed by atoms with Gasteiger partial charge in [-0.25, -0.2) is 0 Å². The van der Waals surface area contributed by atoms with Crippen molar-refractivity contribution in [3.8, 4) is 0 Å². The molecule has 1 saturated heterocycles. The van der Waals surface area contributed by atoms with Crippen molar-refractivity contribution in [2.24, 2.45) is 5.92 Å². The Labute approximate surface area is 107 Å². The average Bonchev–Trinajstić information content (AvgIpc) is 2.28. The lowest BCUT2D eigenvalue weighted by Crippen LogP contribution is -2.49. The van der Waals surface area contributed by atoms with Crippen molar-refractivity contribution in [1.29, 1.82) is 0 Å². The molecule has 1 fully saturated rings. The summed E-state index contributed by atoms with van der Waals surface area (Å²) in [4.78, 5) is 30.0. The van der Waals surface area contributed by atoms with Crippen molar-refractivity contribution in [1.82, 2.24) is 9.80 Å². The maximum atomic E-state index is 11.8. The van der Waals surface area contributed by atoms with Crippen LogP contribution in [0.4, 0.5) is 0 Å². The molecule has 0 radical (unpaired) electrons. The Hall–Kier alpha value is -1.37. The molecule has 104 valence electrons. The molecular formula is C11H21N3O4. The third-order valence-electron chi connectivity index (χ3n) is 2.91. The zero-order valence-corrected chi connectivity index (χ0v) is 11.0. The van der Waals surface area contributed by atoms with E-state index in [1.54, 1.807) is 0 Å². The summed E-state index contributed by atoms with van der Waals surface area (Å²) in [5.74, 6) is 0.579. The maximum absolute atomic E-state index is 11.8. The fourth-order valence-electron chi connectivity index (χ4n) is 1.94. The topological polar surface area (TPSA) is 75.9 Å². The molecule has 0 aromatic heterocycles. The van der Waals surface area contributed by atoms with Gasteiger partial charge in [-0.05, 0) is 5.92 Å². The van der Waals surface area contributed by atoms with Crippen molar-refractivity contribution < 1.29 is 14.7 Å². The summed E-state index contributed by atoms with van der Waals surface area (Å²) >= 11 is 0. The summed E-state index contributed by atoms with van der Waals surface area (Å²) in [6.45, 7) is 7.59. The van der Waals surface area contributed by atoms with E-state index in [1.165, 1.54) is 0 Å². The monoisotopic (exact) mass is 259 g/mol. The highest BCUT2D eigenvalue weighted by Crippen LogP contribution is 2.07. The molecule has 0 bridgehead atoms. The standard InChI is InChI=1S/C11H21N3O4/c1-10(2)9-11(15)13-5-3-12(4-6-13)7-8-18-14(16)17/h10H,3-9H2,1-2H3. The zero-order valence-electron chi connectivity index (χ0n) is 11.0. The normalized spacial score (nSPS) is 16.9.